The van der Waals surface area contributed by atoms with Crippen LogP contribution in [0.1, 0.15) is 24.4 Å². The van der Waals surface area contributed by atoms with Crippen molar-refractivity contribution in [2.75, 3.05) is 13.6 Å². The van der Waals surface area contributed by atoms with E-state index >= 15 is 0 Å². The molecule has 0 aromatic carbocycles. The topological polar surface area (TPSA) is 42.4 Å². The number of rotatable bonds is 1. The monoisotopic (exact) mass is 180 g/mol. The van der Waals surface area contributed by atoms with E-state index in [1.165, 1.54) is 5.56 Å². The third-order valence-corrected chi connectivity index (χ3v) is 2.84. The van der Waals surface area contributed by atoms with Crippen molar-refractivity contribution in [1.82, 2.24) is 4.90 Å². The van der Waals surface area contributed by atoms with Crippen molar-refractivity contribution < 1.29 is 4.42 Å². The lowest BCUT2D eigenvalue weighted by atomic mass is 9.94. The summed E-state index contributed by atoms with van der Waals surface area (Å²) in [5.74, 6) is 0. The molecule has 1 saturated heterocycles. The van der Waals surface area contributed by atoms with E-state index in [0.717, 1.165) is 19.4 Å². The maximum Gasteiger partial charge on any atom is 0.0950 e. The minimum absolute atomic E-state index is 0.344. The summed E-state index contributed by atoms with van der Waals surface area (Å²) < 4.78 is 5.08. The molecule has 13 heavy (non-hydrogen) atoms. The molecule has 0 spiro atoms. The van der Waals surface area contributed by atoms with Crippen molar-refractivity contribution in [3.8, 4) is 0 Å². The first-order chi connectivity index (χ1) is 6.27. The van der Waals surface area contributed by atoms with E-state index in [4.69, 9.17) is 10.2 Å². The largest absolute Gasteiger partial charge is 0.472 e. The molecule has 0 aliphatic carbocycles. The summed E-state index contributed by atoms with van der Waals surface area (Å²) in [6.07, 6.45) is 5.68. The smallest absolute Gasteiger partial charge is 0.0950 e. The molecule has 2 heterocycles. The highest BCUT2D eigenvalue weighted by Gasteiger charge is 2.25. The minimum Gasteiger partial charge on any atom is -0.472 e. The molecule has 0 amide bonds. The fourth-order valence-electron chi connectivity index (χ4n) is 1.97. The van der Waals surface area contributed by atoms with Gasteiger partial charge < -0.3 is 10.2 Å². The van der Waals surface area contributed by atoms with E-state index in [1.54, 1.807) is 6.26 Å². The molecule has 3 heteroatoms. The Balaban J connectivity index is 2.12. The number of hydrogen-bond donors (Lipinski definition) is 1. The normalized spacial score (nSPS) is 30.6. The average Bonchev–Trinajstić information content (AvgIpc) is 2.61. The van der Waals surface area contributed by atoms with Crippen molar-refractivity contribution in [2.24, 2.45) is 5.73 Å². The Bertz CT molecular complexity index is 258. The van der Waals surface area contributed by atoms with Crippen LogP contribution in [0, 0.1) is 0 Å². The van der Waals surface area contributed by atoms with E-state index < -0.39 is 0 Å². The third kappa shape index (κ3) is 1.76. The fraction of sp³-hybridized carbons (Fsp3) is 0.600. The molecule has 0 radical (unpaired) electrons. The third-order valence-electron chi connectivity index (χ3n) is 2.84. The van der Waals surface area contributed by atoms with Crippen LogP contribution < -0.4 is 5.73 Å². The van der Waals surface area contributed by atoms with Gasteiger partial charge in [-0.2, -0.15) is 0 Å². The van der Waals surface area contributed by atoms with Gasteiger partial charge in [0.15, 0.2) is 0 Å². The van der Waals surface area contributed by atoms with Crippen LogP contribution in [0.3, 0.4) is 0 Å². The minimum atomic E-state index is 0.344. The van der Waals surface area contributed by atoms with Crippen LogP contribution in [0.4, 0.5) is 0 Å². The van der Waals surface area contributed by atoms with Gasteiger partial charge in [-0.05, 0) is 32.5 Å². The molecule has 0 saturated carbocycles. The Morgan fingerprint density at radius 2 is 2.46 bits per heavy atom. The maximum absolute atomic E-state index is 5.94. The molecule has 2 N–H and O–H groups in total. The summed E-state index contributed by atoms with van der Waals surface area (Å²) in [5.41, 5.74) is 7.18. The molecule has 2 rings (SSSR count). The van der Waals surface area contributed by atoms with Crippen molar-refractivity contribution in [2.45, 2.75) is 24.9 Å². The highest BCUT2D eigenvalue weighted by Crippen LogP contribution is 2.28. The molecule has 3 nitrogen and oxygen atoms in total. The van der Waals surface area contributed by atoms with Crippen LogP contribution >= 0.6 is 0 Å². The lowest BCUT2D eigenvalue weighted by molar-refractivity contribution is 0.171. The lowest BCUT2D eigenvalue weighted by Crippen LogP contribution is -2.39. The second-order valence-electron chi connectivity index (χ2n) is 3.84. The maximum atomic E-state index is 5.94. The van der Waals surface area contributed by atoms with Crippen LogP contribution in [0.5, 0.6) is 0 Å². The van der Waals surface area contributed by atoms with Crippen LogP contribution in [0.15, 0.2) is 23.0 Å². The highest BCUT2D eigenvalue weighted by molar-refractivity contribution is 5.13. The summed E-state index contributed by atoms with van der Waals surface area (Å²) >= 11 is 0. The Labute approximate surface area is 78.5 Å². The standard InChI is InChI=1S/C10H16N2O/c1-12-4-2-9(11)6-10(12)8-3-5-13-7-8/h3,5,7,9-10H,2,4,6,11H2,1H3. The van der Waals surface area contributed by atoms with Crippen LogP contribution in [0.25, 0.3) is 0 Å². The molecule has 1 aliphatic heterocycles. The first-order valence-corrected chi connectivity index (χ1v) is 4.75. The number of nitrogens with two attached hydrogens (primary N) is 1. The summed E-state index contributed by atoms with van der Waals surface area (Å²) in [5, 5.41) is 0. The van der Waals surface area contributed by atoms with Crippen LogP contribution in [0.2, 0.25) is 0 Å². The second kappa shape index (κ2) is 3.52. The Hall–Kier alpha value is -0.800. The lowest BCUT2D eigenvalue weighted by Gasteiger charge is -2.35. The molecule has 2 atom stereocenters. The van der Waals surface area contributed by atoms with E-state index in [9.17, 15) is 0 Å². The first kappa shape index (κ1) is 8.78. The van der Waals surface area contributed by atoms with E-state index in [0.29, 0.717) is 12.1 Å². The van der Waals surface area contributed by atoms with Gasteiger partial charge in [0.25, 0.3) is 0 Å². The van der Waals surface area contributed by atoms with Crippen molar-refractivity contribution in [3.05, 3.63) is 24.2 Å². The van der Waals surface area contributed by atoms with Gasteiger partial charge in [0.05, 0.1) is 12.5 Å². The average molecular weight is 180 g/mol. The van der Waals surface area contributed by atoms with Gasteiger partial charge in [-0.1, -0.05) is 0 Å². The number of likely N-dealkylation sites (tertiary alicyclic amines) is 1. The predicted octanol–water partition coefficient (Wildman–Crippen LogP) is 1.37. The Morgan fingerprint density at radius 3 is 3.15 bits per heavy atom. The molecule has 1 aromatic rings. The molecule has 72 valence electrons. The van der Waals surface area contributed by atoms with Gasteiger partial charge in [-0.25, -0.2) is 0 Å². The Morgan fingerprint density at radius 1 is 1.62 bits per heavy atom. The number of furan rings is 1. The molecule has 1 aromatic heterocycles. The molecule has 0 bridgehead atoms. The number of piperidine rings is 1. The van der Waals surface area contributed by atoms with Crippen molar-refractivity contribution in [3.63, 3.8) is 0 Å². The van der Waals surface area contributed by atoms with Gasteiger partial charge in [-0.3, -0.25) is 4.90 Å². The van der Waals surface area contributed by atoms with E-state index in [1.807, 2.05) is 12.3 Å². The summed E-state index contributed by atoms with van der Waals surface area (Å²) in [6, 6.07) is 2.82. The number of nitrogens with zero attached hydrogens (tertiary/aromatic N) is 1. The van der Waals surface area contributed by atoms with E-state index in [2.05, 4.69) is 11.9 Å². The van der Waals surface area contributed by atoms with Gasteiger partial charge >= 0.3 is 0 Å². The molecular formula is C10H16N2O. The quantitative estimate of drug-likeness (QED) is 0.709. The van der Waals surface area contributed by atoms with Crippen LogP contribution in [-0.2, 0) is 0 Å². The van der Waals surface area contributed by atoms with Gasteiger partial charge in [0.1, 0.15) is 0 Å². The fourth-order valence-corrected chi connectivity index (χ4v) is 1.97. The first-order valence-electron chi connectivity index (χ1n) is 4.75. The molecule has 2 unspecified atom stereocenters. The van der Waals surface area contributed by atoms with Gasteiger partial charge in [-0.15, -0.1) is 0 Å². The van der Waals surface area contributed by atoms with Gasteiger partial charge in [0, 0.05) is 17.6 Å². The second-order valence-corrected chi connectivity index (χ2v) is 3.84. The predicted molar refractivity (Wildman–Crippen MR) is 51.3 cm³/mol. The SMILES string of the molecule is CN1CCC(N)CC1c1ccoc1. The summed E-state index contributed by atoms with van der Waals surface area (Å²) in [4.78, 5) is 2.34. The van der Waals surface area contributed by atoms with Crippen LogP contribution in [-0.4, -0.2) is 24.5 Å². The zero-order chi connectivity index (χ0) is 9.26. The molecule has 1 aliphatic rings. The summed E-state index contributed by atoms with van der Waals surface area (Å²) in [6.45, 7) is 1.08. The Kier molecular flexibility index (Phi) is 2.38. The molecular weight excluding hydrogens is 164 g/mol. The zero-order valence-electron chi connectivity index (χ0n) is 7.94. The molecule has 1 fully saturated rings. The zero-order valence-corrected chi connectivity index (χ0v) is 7.94. The van der Waals surface area contributed by atoms with E-state index in [-0.39, 0.29) is 0 Å². The van der Waals surface area contributed by atoms with Crippen molar-refractivity contribution >= 4 is 0 Å². The van der Waals surface area contributed by atoms with Gasteiger partial charge in [0.2, 0.25) is 0 Å². The summed E-state index contributed by atoms with van der Waals surface area (Å²) in [7, 11) is 2.14. The number of hydrogen-bond acceptors (Lipinski definition) is 3. The van der Waals surface area contributed by atoms with Crippen molar-refractivity contribution in [1.29, 1.82) is 0 Å². The highest BCUT2D eigenvalue weighted by atomic mass is 16.3.